The molecular formula is C16H21FN6. The highest BCUT2D eigenvalue weighted by Gasteiger charge is 2.28. The summed E-state index contributed by atoms with van der Waals surface area (Å²) >= 11 is 0. The number of nitrogens with zero attached hydrogens (tertiary/aromatic N) is 3. The number of anilines is 2. The normalized spacial score (nSPS) is 23.3. The molecule has 2 aliphatic rings. The molecule has 0 radical (unpaired) electrons. The van der Waals surface area contributed by atoms with E-state index in [9.17, 15) is 4.39 Å². The number of aryl methyl sites for hydroxylation is 2. The fourth-order valence-corrected chi connectivity index (χ4v) is 3.61. The Bertz CT molecular complexity index is 762. The Morgan fingerprint density at radius 2 is 2.04 bits per heavy atom. The Labute approximate surface area is 134 Å². The topological polar surface area (TPSA) is 74.8 Å². The van der Waals surface area contributed by atoms with Crippen LogP contribution in [0.3, 0.4) is 0 Å². The number of rotatable bonds is 3. The number of alkyl halides is 1. The minimum Gasteiger partial charge on any atom is -0.372 e. The Balaban J connectivity index is 1.80. The van der Waals surface area contributed by atoms with E-state index >= 15 is 0 Å². The second-order valence-electron chi connectivity index (χ2n) is 6.29. The van der Waals surface area contributed by atoms with Crippen LogP contribution in [-0.2, 0) is 12.8 Å². The molecule has 23 heavy (non-hydrogen) atoms. The molecule has 0 saturated carbocycles. The smallest absolute Gasteiger partial charge is 0.227 e. The third-order valence-electron chi connectivity index (χ3n) is 4.84. The second kappa shape index (κ2) is 5.56. The van der Waals surface area contributed by atoms with E-state index in [0.29, 0.717) is 24.7 Å². The molecule has 7 heteroatoms. The maximum atomic E-state index is 13.8. The molecule has 0 unspecified atom stereocenters. The minimum atomic E-state index is -0.929. The summed E-state index contributed by atoms with van der Waals surface area (Å²) < 4.78 is 13.8. The highest BCUT2D eigenvalue weighted by Crippen LogP contribution is 2.32. The molecule has 3 N–H and O–H groups in total. The van der Waals surface area contributed by atoms with E-state index in [-0.39, 0.29) is 6.04 Å². The van der Waals surface area contributed by atoms with Gasteiger partial charge in [-0.3, -0.25) is 0 Å². The van der Waals surface area contributed by atoms with Crippen molar-refractivity contribution in [2.45, 2.75) is 38.4 Å². The molecule has 6 nitrogen and oxygen atoms in total. The van der Waals surface area contributed by atoms with Crippen molar-refractivity contribution in [3.8, 4) is 0 Å². The SMILES string of the molecule is CNc1nc(N[C@H]2CNC[C@H]2F)nc2nc3c(c(C)c12)CCC3. The molecule has 122 valence electrons. The maximum Gasteiger partial charge on any atom is 0.227 e. The van der Waals surface area contributed by atoms with Crippen LogP contribution in [0.1, 0.15) is 23.2 Å². The maximum absolute atomic E-state index is 13.8. The monoisotopic (exact) mass is 316 g/mol. The zero-order chi connectivity index (χ0) is 16.0. The number of pyridine rings is 1. The third kappa shape index (κ3) is 2.39. The number of halogens is 1. The average molecular weight is 316 g/mol. The van der Waals surface area contributed by atoms with Gasteiger partial charge in [0.15, 0.2) is 5.65 Å². The third-order valence-corrected chi connectivity index (χ3v) is 4.84. The summed E-state index contributed by atoms with van der Waals surface area (Å²) in [5.74, 6) is 1.18. The van der Waals surface area contributed by atoms with Gasteiger partial charge in [-0.15, -0.1) is 0 Å². The lowest BCUT2D eigenvalue weighted by atomic mass is 10.1. The van der Waals surface area contributed by atoms with Crippen LogP contribution >= 0.6 is 0 Å². The molecule has 2 atom stereocenters. The average Bonchev–Trinajstić information content (AvgIpc) is 3.16. The first kappa shape index (κ1) is 14.6. The van der Waals surface area contributed by atoms with Gasteiger partial charge in [0.25, 0.3) is 0 Å². The lowest BCUT2D eigenvalue weighted by molar-refractivity contribution is 0.342. The second-order valence-corrected chi connectivity index (χ2v) is 6.29. The highest BCUT2D eigenvalue weighted by molar-refractivity contribution is 5.91. The predicted molar refractivity (Wildman–Crippen MR) is 88.8 cm³/mol. The lowest BCUT2D eigenvalue weighted by Gasteiger charge is -2.17. The molecule has 0 bridgehead atoms. The summed E-state index contributed by atoms with van der Waals surface area (Å²) in [7, 11) is 1.84. The lowest BCUT2D eigenvalue weighted by Crippen LogP contribution is -2.30. The van der Waals surface area contributed by atoms with Crippen molar-refractivity contribution in [3.63, 3.8) is 0 Å². The molecule has 1 aliphatic heterocycles. The first-order valence-electron chi connectivity index (χ1n) is 8.16. The summed E-state index contributed by atoms with van der Waals surface area (Å²) in [6, 6.07) is -0.298. The molecule has 3 heterocycles. The summed E-state index contributed by atoms with van der Waals surface area (Å²) in [6.07, 6.45) is 2.30. The number of hydrogen-bond donors (Lipinski definition) is 3. The van der Waals surface area contributed by atoms with Crippen LogP contribution in [0.2, 0.25) is 0 Å². The molecule has 0 aromatic carbocycles. The number of hydrogen-bond acceptors (Lipinski definition) is 6. The Morgan fingerprint density at radius 1 is 1.17 bits per heavy atom. The molecule has 1 fully saturated rings. The molecule has 1 aliphatic carbocycles. The van der Waals surface area contributed by atoms with Crippen molar-refractivity contribution in [2.24, 2.45) is 0 Å². The van der Waals surface area contributed by atoms with Gasteiger partial charge in [-0.2, -0.15) is 9.97 Å². The first-order chi connectivity index (χ1) is 11.2. The van der Waals surface area contributed by atoms with E-state index in [0.717, 1.165) is 36.2 Å². The van der Waals surface area contributed by atoms with Crippen molar-refractivity contribution >= 4 is 22.8 Å². The van der Waals surface area contributed by atoms with Crippen LogP contribution in [0.15, 0.2) is 0 Å². The fraction of sp³-hybridized carbons (Fsp3) is 0.562. The molecule has 0 spiro atoms. The van der Waals surface area contributed by atoms with Gasteiger partial charge < -0.3 is 16.0 Å². The Kier molecular flexibility index (Phi) is 3.52. The van der Waals surface area contributed by atoms with Gasteiger partial charge >= 0.3 is 0 Å². The van der Waals surface area contributed by atoms with E-state index in [4.69, 9.17) is 4.98 Å². The van der Waals surface area contributed by atoms with Crippen LogP contribution in [-0.4, -0.2) is 47.3 Å². The van der Waals surface area contributed by atoms with Gasteiger partial charge in [0.2, 0.25) is 5.95 Å². The van der Waals surface area contributed by atoms with Crippen LogP contribution in [0.4, 0.5) is 16.2 Å². The summed E-state index contributed by atoms with van der Waals surface area (Å²) in [5.41, 5.74) is 4.38. The zero-order valence-corrected chi connectivity index (χ0v) is 13.4. The van der Waals surface area contributed by atoms with Gasteiger partial charge in [-0.25, -0.2) is 9.37 Å². The Morgan fingerprint density at radius 3 is 2.78 bits per heavy atom. The van der Waals surface area contributed by atoms with Gasteiger partial charge in [0.05, 0.1) is 11.4 Å². The largest absolute Gasteiger partial charge is 0.372 e. The van der Waals surface area contributed by atoms with Crippen LogP contribution in [0, 0.1) is 6.92 Å². The van der Waals surface area contributed by atoms with Crippen LogP contribution in [0.25, 0.3) is 11.0 Å². The van der Waals surface area contributed by atoms with Crippen molar-refractivity contribution < 1.29 is 4.39 Å². The molecule has 4 rings (SSSR count). The van der Waals surface area contributed by atoms with Crippen LogP contribution in [0.5, 0.6) is 0 Å². The predicted octanol–water partition coefficient (Wildman–Crippen LogP) is 1.59. The van der Waals surface area contributed by atoms with Gasteiger partial charge in [-0.05, 0) is 37.3 Å². The fourth-order valence-electron chi connectivity index (χ4n) is 3.61. The van der Waals surface area contributed by atoms with E-state index in [2.05, 4.69) is 32.8 Å². The van der Waals surface area contributed by atoms with Crippen molar-refractivity contribution in [1.29, 1.82) is 0 Å². The standard InChI is InChI=1S/C16H21FN6/c1-8-9-4-3-5-11(9)20-15-13(8)14(18-2)22-16(23-15)21-12-7-19-6-10(12)17/h10,12,19H,3-7H2,1-2H3,(H2,18,20,21,22,23)/t10-,12+/m1/s1. The quantitative estimate of drug-likeness (QED) is 0.798. The molecule has 0 amide bonds. The highest BCUT2D eigenvalue weighted by atomic mass is 19.1. The Hall–Kier alpha value is -2.02. The van der Waals surface area contributed by atoms with Crippen LogP contribution < -0.4 is 16.0 Å². The molecule has 1 saturated heterocycles. The number of aromatic nitrogens is 3. The van der Waals surface area contributed by atoms with Gasteiger partial charge in [-0.1, -0.05) is 0 Å². The van der Waals surface area contributed by atoms with E-state index in [1.165, 1.54) is 11.1 Å². The molecule has 2 aromatic heterocycles. The van der Waals surface area contributed by atoms with E-state index in [1.54, 1.807) is 0 Å². The van der Waals surface area contributed by atoms with E-state index < -0.39 is 6.17 Å². The van der Waals surface area contributed by atoms with Gasteiger partial charge in [0.1, 0.15) is 12.0 Å². The summed E-state index contributed by atoms with van der Waals surface area (Å²) in [5, 5.41) is 10.2. The van der Waals surface area contributed by atoms with Crippen molar-refractivity contribution in [1.82, 2.24) is 20.3 Å². The zero-order valence-electron chi connectivity index (χ0n) is 13.4. The van der Waals surface area contributed by atoms with E-state index in [1.807, 2.05) is 7.05 Å². The summed E-state index contributed by atoms with van der Waals surface area (Å²) in [4.78, 5) is 13.8. The first-order valence-corrected chi connectivity index (χ1v) is 8.16. The summed E-state index contributed by atoms with van der Waals surface area (Å²) in [6.45, 7) is 3.06. The molecular weight excluding hydrogens is 295 g/mol. The van der Waals surface area contributed by atoms with Crippen molar-refractivity contribution in [2.75, 3.05) is 30.8 Å². The van der Waals surface area contributed by atoms with Crippen molar-refractivity contribution in [3.05, 3.63) is 16.8 Å². The molecule has 2 aromatic rings. The van der Waals surface area contributed by atoms with Gasteiger partial charge in [0, 0.05) is 25.8 Å². The minimum absolute atomic E-state index is 0.298. The number of nitrogens with one attached hydrogen (secondary N) is 3. The number of fused-ring (bicyclic) bond motifs is 2.